The summed E-state index contributed by atoms with van der Waals surface area (Å²) in [4.78, 5) is 13.1. The second-order valence-electron chi connectivity index (χ2n) is 5.37. The minimum Gasteiger partial charge on any atom is -0.343 e. The standard InChI is InChI=1S/C17H22N2OS/c1-12(2)13-6-8-14(9-7-13)17(15-5-4-10-21-15)19-16(20)11-18-3/h4-10,12,17-18H,11H2,1-3H3,(H,19,20). The van der Waals surface area contributed by atoms with Crippen LogP contribution < -0.4 is 10.6 Å². The molecule has 1 atom stereocenters. The number of likely N-dealkylation sites (N-methyl/N-ethyl adjacent to an activating group) is 1. The lowest BCUT2D eigenvalue weighted by molar-refractivity contribution is -0.120. The Morgan fingerprint density at radius 2 is 1.81 bits per heavy atom. The molecule has 2 aromatic rings. The monoisotopic (exact) mass is 302 g/mol. The van der Waals surface area contributed by atoms with Crippen molar-refractivity contribution in [1.29, 1.82) is 0 Å². The predicted octanol–water partition coefficient (Wildman–Crippen LogP) is 3.30. The Bertz CT molecular complexity index is 561. The van der Waals surface area contributed by atoms with Crippen LogP contribution in [0, 0.1) is 0 Å². The summed E-state index contributed by atoms with van der Waals surface area (Å²) in [6.45, 7) is 4.69. The summed E-state index contributed by atoms with van der Waals surface area (Å²) in [6, 6.07) is 12.5. The maximum atomic E-state index is 11.9. The maximum absolute atomic E-state index is 11.9. The molecule has 0 spiro atoms. The molecule has 0 saturated carbocycles. The highest BCUT2D eigenvalue weighted by atomic mass is 32.1. The first-order chi connectivity index (χ1) is 10.1. The highest BCUT2D eigenvalue weighted by Gasteiger charge is 2.17. The van der Waals surface area contributed by atoms with E-state index in [2.05, 4.69) is 54.8 Å². The van der Waals surface area contributed by atoms with E-state index < -0.39 is 0 Å². The summed E-state index contributed by atoms with van der Waals surface area (Å²) < 4.78 is 0. The number of carbonyl (C=O) groups excluding carboxylic acids is 1. The topological polar surface area (TPSA) is 41.1 Å². The van der Waals surface area contributed by atoms with Gasteiger partial charge in [0.2, 0.25) is 5.91 Å². The van der Waals surface area contributed by atoms with Crippen molar-refractivity contribution in [3.8, 4) is 0 Å². The lowest BCUT2D eigenvalue weighted by Crippen LogP contribution is -2.35. The van der Waals surface area contributed by atoms with Gasteiger partial charge in [-0.3, -0.25) is 4.79 Å². The lowest BCUT2D eigenvalue weighted by Gasteiger charge is -2.19. The maximum Gasteiger partial charge on any atom is 0.234 e. The van der Waals surface area contributed by atoms with Gasteiger partial charge in [-0.1, -0.05) is 44.2 Å². The van der Waals surface area contributed by atoms with E-state index in [-0.39, 0.29) is 11.9 Å². The summed E-state index contributed by atoms with van der Waals surface area (Å²) in [7, 11) is 1.77. The van der Waals surface area contributed by atoms with E-state index in [0.29, 0.717) is 12.5 Å². The Hall–Kier alpha value is -1.65. The summed E-state index contributed by atoms with van der Waals surface area (Å²) in [6.07, 6.45) is 0. The van der Waals surface area contributed by atoms with E-state index in [9.17, 15) is 4.79 Å². The molecule has 112 valence electrons. The van der Waals surface area contributed by atoms with Crippen LogP contribution >= 0.6 is 11.3 Å². The second-order valence-corrected chi connectivity index (χ2v) is 6.35. The summed E-state index contributed by atoms with van der Waals surface area (Å²) >= 11 is 1.66. The molecule has 0 bridgehead atoms. The number of thiophene rings is 1. The van der Waals surface area contributed by atoms with Crippen molar-refractivity contribution in [1.82, 2.24) is 10.6 Å². The average molecular weight is 302 g/mol. The fourth-order valence-electron chi connectivity index (χ4n) is 2.22. The third-order valence-electron chi connectivity index (χ3n) is 3.41. The van der Waals surface area contributed by atoms with E-state index in [1.807, 2.05) is 11.4 Å². The van der Waals surface area contributed by atoms with E-state index in [0.717, 1.165) is 10.4 Å². The molecule has 1 heterocycles. The predicted molar refractivity (Wildman–Crippen MR) is 88.8 cm³/mol. The molecular formula is C17H22N2OS. The van der Waals surface area contributed by atoms with Crippen LogP contribution in [-0.2, 0) is 4.79 Å². The number of carbonyl (C=O) groups is 1. The number of hydrogen-bond donors (Lipinski definition) is 2. The first-order valence-corrected chi connectivity index (χ1v) is 8.07. The van der Waals surface area contributed by atoms with Gasteiger partial charge in [-0.05, 0) is 35.5 Å². The molecule has 2 rings (SSSR count). The molecule has 3 nitrogen and oxygen atoms in total. The Labute approximate surface area is 130 Å². The van der Waals surface area contributed by atoms with Crippen molar-refractivity contribution in [2.45, 2.75) is 25.8 Å². The van der Waals surface area contributed by atoms with Crippen molar-refractivity contribution in [3.05, 3.63) is 57.8 Å². The molecule has 1 unspecified atom stereocenters. The normalized spacial score (nSPS) is 12.4. The van der Waals surface area contributed by atoms with Gasteiger partial charge in [0.05, 0.1) is 12.6 Å². The molecule has 4 heteroatoms. The van der Waals surface area contributed by atoms with Gasteiger partial charge in [0.15, 0.2) is 0 Å². The quantitative estimate of drug-likeness (QED) is 0.859. The van der Waals surface area contributed by atoms with Gasteiger partial charge in [0.25, 0.3) is 0 Å². The molecule has 2 N–H and O–H groups in total. The van der Waals surface area contributed by atoms with Gasteiger partial charge in [-0.15, -0.1) is 11.3 Å². The minimum atomic E-state index is -0.0768. The van der Waals surface area contributed by atoms with Crippen molar-refractivity contribution >= 4 is 17.2 Å². The SMILES string of the molecule is CNCC(=O)NC(c1ccc(C(C)C)cc1)c1cccs1. The molecule has 0 saturated heterocycles. The zero-order chi connectivity index (χ0) is 15.2. The fraction of sp³-hybridized carbons (Fsp3) is 0.353. The number of rotatable bonds is 6. The van der Waals surface area contributed by atoms with Crippen LogP contribution in [0.25, 0.3) is 0 Å². The molecule has 0 aliphatic carbocycles. The zero-order valence-electron chi connectivity index (χ0n) is 12.7. The van der Waals surface area contributed by atoms with Gasteiger partial charge in [0, 0.05) is 4.88 Å². The third-order valence-corrected chi connectivity index (χ3v) is 4.34. The highest BCUT2D eigenvalue weighted by Crippen LogP contribution is 2.27. The summed E-state index contributed by atoms with van der Waals surface area (Å²) in [5, 5.41) is 8.02. The first kappa shape index (κ1) is 15.7. The number of nitrogens with one attached hydrogen (secondary N) is 2. The van der Waals surface area contributed by atoms with E-state index >= 15 is 0 Å². The van der Waals surface area contributed by atoms with Crippen LogP contribution in [0.1, 0.15) is 41.8 Å². The zero-order valence-corrected chi connectivity index (χ0v) is 13.5. The van der Waals surface area contributed by atoms with Crippen molar-refractivity contribution in [2.75, 3.05) is 13.6 Å². The van der Waals surface area contributed by atoms with Crippen LogP contribution in [-0.4, -0.2) is 19.5 Å². The first-order valence-electron chi connectivity index (χ1n) is 7.19. The van der Waals surface area contributed by atoms with Crippen LogP contribution in [0.5, 0.6) is 0 Å². The van der Waals surface area contributed by atoms with Crippen molar-refractivity contribution in [2.24, 2.45) is 0 Å². The lowest BCUT2D eigenvalue weighted by atomic mass is 9.98. The molecule has 0 fully saturated rings. The minimum absolute atomic E-state index is 0.00355. The Morgan fingerprint density at radius 3 is 2.33 bits per heavy atom. The van der Waals surface area contributed by atoms with E-state index in [4.69, 9.17) is 0 Å². The Kier molecular flexibility index (Phi) is 5.53. The Morgan fingerprint density at radius 1 is 1.14 bits per heavy atom. The molecule has 1 amide bonds. The molecule has 21 heavy (non-hydrogen) atoms. The smallest absolute Gasteiger partial charge is 0.234 e. The van der Waals surface area contributed by atoms with Crippen molar-refractivity contribution in [3.63, 3.8) is 0 Å². The second kappa shape index (κ2) is 7.38. The van der Waals surface area contributed by atoms with Gasteiger partial charge in [0.1, 0.15) is 0 Å². The van der Waals surface area contributed by atoms with Gasteiger partial charge < -0.3 is 10.6 Å². The molecule has 1 aromatic heterocycles. The van der Waals surface area contributed by atoms with E-state index in [1.54, 1.807) is 18.4 Å². The largest absolute Gasteiger partial charge is 0.343 e. The fourth-order valence-corrected chi connectivity index (χ4v) is 3.02. The average Bonchev–Trinajstić information content (AvgIpc) is 2.99. The molecule has 1 aromatic carbocycles. The van der Waals surface area contributed by atoms with Crippen LogP contribution in [0.15, 0.2) is 41.8 Å². The summed E-state index contributed by atoms with van der Waals surface area (Å²) in [5.41, 5.74) is 2.43. The molecular weight excluding hydrogens is 280 g/mol. The number of hydrogen-bond acceptors (Lipinski definition) is 3. The van der Waals surface area contributed by atoms with Crippen LogP contribution in [0.2, 0.25) is 0 Å². The number of amides is 1. The van der Waals surface area contributed by atoms with Crippen LogP contribution in [0.3, 0.4) is 0 Å². The third kappa shape index (κ3) is 4.16. The number of benzene rings is 1. The van der Waals surface area contributed by atoms with Crippen molar-refractivity contribution < 1.29 is 4.79 Å². The molecule has 0 radical (unpaired) electrons. The van der Waals surface area contributed by atoms with Crippen LogP contribution in [0.4, 0.5) is 0 Å². The summed E-state index contributed by atoms with van der Waals surface area (Å²) in [5.74, 6) is 0.516. The molecule has 0 aliphatic rings. The Balaban J connectivity index is 2.24. The molecule has 0 aliphatic heterocycles. The van der Waals surface area contributed by atoms with Gasteiger partial charge in [-0.25, -0.2) is 0 Å². The van der Waals surface area contributed by atoms with Gasteiger partial charge >= 0.3 is 0 Å². The highest BCUT2D eigenvalue weighted by molar-refractivity contribution is 7.10. The van der Waals surface area contributed by atoms with Gasteiger partial charge in [-0.2, -0.15) is 0 Å². The van der Waals surface area contributed by atoms with E-state index in [1.165, 1.54) is 5.56 Å².